The molecule has 0 aliphatic carbocycles. The van der Waals surface area contributed by atoms with Crippen LogP contribution in [0.15, 0.2) is 0 Å². The topological polar surface area (TPSA) is 95.5 Å². The number of carbonyl (C=O) groups is 3. The lowest BCUT2D eigenvalue weighted by molar-refractivity contribution is -0.137. The summed E-state index contributed by atoms with van der Waals surface area (Å²) in [6.07, 6.45) is 15.3. The fraction of sp³-hybridized carbons (Fsp3) is 0.857. The van der Waals surface area contributed by atoms with E-state index in [9.17, 15) is 14.4 Å². The zero-order valence-corrected chi connectivity index (χ0v) is 17.2. The van der Waals surface area contributed by atoms with Crippen molar-refractivity contribution in [3.8, 4) is 0 Å². The Hall–Kier alpha value is -1.59. The summed E-state index contributed by atoms with van der Waals surface area (Å²) in [5.41, 5.74) is 0. The largest absolute Gasteiger partial charge is 0.481 e. The molecule has 27 heavy (non-hydrogen) atoms. The second-order valence-electron chi connectivity index (χ2n) is 7.19. The minimum atomic E-state index is -0.883. The summed E-state index contributed by atoms with van der Waals surface area (Å²) in [4.78, 5) is 33.1. The van der Waals surface area contributed by atoms with Crippen LogP contribution in [-0.4, -0.2) is 36.0 Å². The molecule has 0 spiro atoms. The first kappa shape index (κ1) is 25.4. The van der Waals surface area contributed by atoms with Crippen molar-refractivity contribution in [3.63, 3.8) is 0 Å². The second-order valence-corrected chi connectivity index (χ2v) is 7.19. The zero-order valence-electron chi connectivity index (χ0n) is 17.2. The highest BCUT2D eigenvalue weighted by Crippen LogP contribution is 2.13. The van der Waals surface area contributed by atoms with E-state index in [2.05, 4.69) is 10.6 Å². The van der Waals surface area contributed by atoms with Gasteiger partial charge in [-0.2, -0.15) is 0 Å². The van der Waals surface area contributed by atoms with E-state index in [0.717, 1.165) is 32.2 Å². The molecule has 6 heteroatoms. The molecule has 0 saturated heterocycles. The van der Waals surface area contributed by atoms with Gasteiger partial charge in [0, 0.05) is 25.9 Å². The number of rotatable bonds is 19. The first-order valence-corrected chi connectivity index (χ1v) is 10.8. The van der Waals surface area contributed by atoms with Gasteiger partial charge in [-0.1, -0.05) is 64.2 Å². The van der Waals surface area contributed by atoms with Gasteiger partial charge in [-0.3, -0.25) is 14.4 Å². The number of carboxylic acid groups (broad SMARTS) is 1. The lowest BCUT2D eigenvalue weighted by Gasteiger charge is -2.04. The minimum absolute atomic E-state index is 0.0121. The molecule has 2 amide bonds. The molecule has 0 aliphatic heterocycles. The van der Waals surface area contributed by atoms with Crippen molar-refractivity contribution >= 4 is 17.8 Å². The van der Waals surface area contributed by atoms with Crippen LogP contribution >= 0.6 is 0 Å². The summed E-state index contributed by atoms with van der Waals surface area (Å²) in [5, 5.41) is 14.0. The van der Waals surface area contributed by atoms with Gasteiger partial charge in [0.05, 0.1) is 6.42 Å². The summed E-state index contributed by atoms with van der Waals surface area (Å²) in [5.74, 6) is -0.745. The lowest BCUT2D eigenvalue weighted by Crippen LogP contribution is -2.25. The molecular formula is C21H40N2O4. The van der Waals surface area contributed by atoms with E-state index < -0.39 is 5.97 Å². The molecule has 0 saturated carbocycles. The normalized spacial score (nSPS) is 10.6. The van der Waals surface area contributed by atoms with E-state index in [1.54, 1.807) is 0 Å². The molecule has 0 aromatic carbocycles. The first-order chi connectivity index (χ1) is 13.1. The quantitative estimate of drug-likeness (QED) is 0.291. The molecule has 158 valence electrons. The van der Waals surface area contributed by atoms with Gasteiger partial charge in [0.15, 0.2) is 0 Å². The molecule has 0 radical (unpaired) electrons. The SMILES string of the molecule is CCNC(=O)CCCCCCCCCCCCCCC(=O)NCCC(=O)O. The van der Waals surface area contributed by atoms with Crippen LogP contribution < -0.4 is 10.6 Å². The highest BCUT2D eigenvalue weighted by molar-refractivity contribution is 5.76. The van der Waals surface area contributed by atoms with E-state index in [0.29, 0.717) is 12.8 Å². The van der Waals surface area contributed by atoms with Gasteiger partial charge in [-0.25, -0.2) is 0 Å². The van der Waals surface area contributed by atoms with Crippen LogP contribution in [0.25, 0.3) is 0 Å². The summed E-state index contributed by atoms with van der Waals surface area (Å²) in [6, 6.07) is 0. The molecule has 0 heterocycles. The van der Waals surface area contributed by atoms with Gasteiger partial charge < -0.3 is 15.7 Å². The van der Waals surface area contributed by atoms with E-state index in [4.69, 9.17) is 5.11 Å². The first-order valence-electron chi connectivity index (χ1n) is 10.8. The summed E-state index contributed by atoms with van der Waals surface area (Å²) < 4.78 is 0. The molecule has 0 fully saturated rings. The second kappa shape index (κ2) is 19.2. The lowest BCUT2D eigenvalue weighted by atomic mass is 10.0. The van der Waals surface area contributed by atoms with Crippen LogP contribution in [0.3, 0.4) is 0 Å². The van der Waals surface area contributed by atoms with E-state index in [-0.39, 0.29) is 24.8 Å². The third kappa shape index (κ3) is 20.6. The van der Waals surface area contributed by atoms with E-state index >= 15 is 0 Å². The number of carboxylic acids is 1. The minimum Gasteiger partial charge on any atom is -0.481 e. The molecular weight excluding hydrogens is 344 g/mol. The standard InChI is InChI=1S/C21H40N2O4/c1-2-22-19(24)15-13-11-9-7-5-3-4-6-8-10-12-14-16-20(25)23-18-17-21(26)27/h2-18H2,1H3,(H,22,24)(H,23,25)(H,26,27). The van der Waals surface area contributed by atoms with Crippen molar-refractivity contribution in [1.29, 1.82) is 0 Å². The number of hydrogen-bond donors (Lipinski definition) is 3. The Bertz CT molecular complexity index is 400. The van der Waals surface area contributed by atoms with E-state index in [1.165, 1.54) is 51.4 Å². The Kier molecular flexibility index (Phi) is 18.0. The molecule has 0 aromatic heterocycles. The van der Waals surface area contributed by atoms with Crippen LogP contribution in [0.4, 0.5) is 0 Å². The summed E-state index contributed by atoms with van der Waals surface area (Å²) >= 11 is 0. The molecule has 0 atom stereocenters. The van der Waals surface area contributed by atoms with Crippen LogP contribution in [0.2, 0.25) is 0 Å². The fourth-order valence-electron chi connectivity index (χ4n) is 3.02. The number of hydrogen-bond acceptors (Lipinski definition) is 3. The van der Waals surface area contributed by atoms with Gasteiger partial charge in [-0.05, 0) is 19.8 Å². The monoisotopic (exact) mass is 384 g/mol. The number of amides is 2. The maximum Gasteiger partial charge on any atom is 0.305 e. The average molecular weight is 385 g/mol. The van der Waals surface area contributed by atoms with Crippen molar-refractivity contribution in [2.75, 3.05) is 13.1 Å². The van der Waals surface area contributed by atoms with Crippen molar-refractivity contribution in [2.45, 2.75) is 103 Å². The van der Waals surface area contributed by atoms with Gasteiger partial charge in [0.25, 0.3) is 0 Å². The third-order valence-electron chi connectivity index (χ3n) is 4.59. The van der Waals surface area contributed by atoms with Crippen molar-refractivity contribution < 1.29 is 19.5 Å². The van der Waals surface area contributed by atoms with Crippen LogP contribution in [0.1, 0.15) is 103 Å². The molecule has 0 aliphatic rings. The average Bonchev–Trinajstić information content (AvgIpc) is 2.62. The Morgan fingerprint density at radius 3 is 1.33 bits per heavy atom. The molecule has 6 nitrogen and oxygen atoms in total. The number of nitrogens with one attached hydrogen (secondary N) is 2. The smallest absolute Gasteiger partial charge is 0.305 e. The molecule has 0 rings (SSSR count). The van der Waals surface area contributed by atoms with Crippen molar-refractivity contribution in [2.24, 2.45) is 0 Å². The summed E-state index contributed by atoms with van der Waals surface area (Å²) in [7, 11) is 0. The predicted octanol–water partition coefficient (Wildman–Crippen LogP) is 4.17. The Morgan fingerprint density at radius 2 is 0.963 bits per heavy atom. The van der Waals surface area contributed by atoms with Gasteiger partial charge >= 0.3 is 5.97 Å². The number of carbonyl (C=O) groups excluding carboxylic acids is 2. The van der Waals surface area contributed by atoms with Gasteiger partial charge in [0.2, 0.25) is 11.8 Å². The van der Waals surface area contributed by atoms with Crippen molar-refractivity contribution in [3.05, 3.63) is 0 Å². The Labute approximate surface area is 164 Å². The highest BCUT2D eigenvalue weighted by atomic mass is 16.4. The van der Waals surface area contributed by atoms with Crippen molar-refractivity contribution in [1.82, 2.24) is 10.6 Å². The molecule has 0 bridgehead atoms. The Morgan fingerprint density at radius 1 is 0.593 bits per heavy atom. The Balaban J connectivity index is 3.17. The molecule has 0 unspecified atom stereocenters. The number of aliphatic carboxylic acids is 1. The number of unbranched alkanes of at least 4 members (excludes halogenated alkanes) is 11. The fourth-order valence-corrected chi connectivity index (χ4v) is 3.02. The maximum absolute atomic E-state index is 11.5. The third-order valence-corrected chi connectivity index (χ3v) is 4.59. The highest BCUT2D eigenvalue weighted by Gasteiger charge is 2.02. The van der Waals surface area contributed by atoms with Crippen LogP contribution in [0.5, 0.6) is 0 Å². The van der Waals surface area contributed by atoms with Gasteiger partial charge in [-0.15, -0.1) is 0 Å². The van der Waals surface area contributed by atoms with Crippen LogP contribution in [-0.2, 0) is 14.4 Å². The predicted molar refractivity (Wildman–Crippen MR) is 109 cm³/mol. The van der Waals surface area contributed by atoms with E-state index in [1.807, 2.05) is 6.92 Å². The molecule has 3 N–H and O–H groups in total. The zero-order chi connectivity index (χ0) is 20.2. The summed E-state index contributed by atoms with van der Waals surface area (Å²) in [6.45, 7) is 2.90. The van der Waals surface area contributed by atoms with Gasteiger partial charge in [0.1, 0.15) is 0 Å². The van der Waals surface area contributed by atoms with Crippen LogP contribution in [0, 0.1) is 0 Å². The molecule has 0 aromatic rings. The maximum atomic E-state index is 11.5.